The first-order chi connectivity index (χ1) is 11.6. The normalized spacial score (nSPS) is 11.5. The molecule has 1 amide bonds. The summed E-state index contributed by atoms with van der Waals surface area (Å²) in [6.07, 6.45) is 1.50. The Morgan fingerprint density at radius 2 is 1.76 bits per heavy atom. The van der Waals surface area contributed by atoms with Crippen LogP contribution in [-0.2, 0) is 16.0 Å². The number of para-hydroxylation sites is 1. The smallest absolute Gasteiger partial charge is 0.872 e. The van der Waals surface area contributed by atoms with E-state index in [2.05, 4.69) is 10.3 Å². The maximum absolute atomic E-state index is 11.9. The fourth-order valence-electron chi connectivity index (χ4n) is 2.10. The van der Waals surface area contributed by atoms with Gasteiger partial charge in [0.15, 0.2) is 0 Å². The van der Waals surface area contributed by atoms with Gasteiger partial charge in [0.2, 0.25) is 5.91 Å². The Hall–Kier alpha value is -1.51. The third-order valence-electron chi connectivity index (χ3n) is 3.30. The molecule has 0 aliphatic rings. The van der Waals surface area contributed by atoms with Crippen LogP contribution < -0.4 is 61.8 Å². The van der Waals surface area contributed by atoms with Gasteiger partial charge in [0.1, 0.15) is 12.6 Å². The van der Waals surface area contributed by atoms with Crippen molar-refractivity contribution < 1.29 is 71.2 Å². The van der Waals surface area contributed by atoms with Gasteiger partial charge in [-0.25, -0.2) is 4.79 Å². The molecule has 2 aromatic carbocycles. The number of nitrogens with zero attached hydrogens (tertiary/aromatic N) is 1. The van der Waals surface area contributed by atoms with E-state index in [1.807, 2.05) is 6.07 Å². The number of nitrogens with one attached hydrogen (secondary N) is 1. The standard InChI is InChI=1S/C18H18N2O4.K/c21-16-9-5-4-8-14(16)11-19-12-17(22)20-15(18(23)24)10-13-6-2-1-3-7-13;/h1-9,11,15,21H,10,12H2,(H,20,22)(H,23,24);/q;+1/p-1/t15-;/m0./s1. The molecule has 2 N–H and O–H groups in total. The topological polar surface area (TPSA) is 102 Å². The molecule has 0 spiro atoms. The van der Waals surface area contributed by atoms with Crippen molar-refractivity contribution in [3.8, 4) is 5.75 Å². The number of hydrogen-bond donors (Lipinski definition) is 2. The quantitative estimate of drug-likeness (QED) is 0.438. The predicted molar refractivity (Wildman–Crippen MR) is 88.1 cm³/mol. The summed E-state index contributed by atoms with van der Waals surface area (Å²) in [7, 11) is 0. The number of carbonyl (C=O) groups excluding carboxylic acids is 1. The third kappa shape index (κ3) is 7.49. The van der Waals surface area contributed by atoms with Gasteiger partial charge in [0.05, 0.1) is 0 Å². The zero-order valence-electron chi connectivity index (χ0n) is 13.9. The van der Waals surface area contributed by atoms with Crippen LogP contribution in [0.3, 0.4) is 0 Å². The first-order valence-electron chi connectivity index (χ1n) is 7.38. The number of carboxylic acid groups (broad SMARTS) is 1. The predicted octanol–water partition coefficient (Wildman–Crippen LogP) is -2.00. The van der Waals surface area contributed by atoms with Crippen molar-refractivity contribution in [2.45, 2.75) is 12.5 Å². The molecule has 0 radical (unpaired) electrons. The summed E-state index contributed by atoms with van der Waals surface area (Å²) in [5, 5.41) is 23.2. The van der Waals surface area contributed by atoms with E-state index in [0.29, 0.717) is 5.56 Å². The second-order valence-corrected chi connectivity index (χ2v) is 5.16. The number of benzene rings is 2. The fourth-order valence-corrected chi connectivity index (χ4v) is 2.10. The largest absolute Gasteiger partial charge is 1.00 e. The Morgan fingerprint density at radius 3 is 2.40 bits per heavy atom. The van der Waals surface area contributed by atoms with Crippen molar-refractivity contribution in [3.63, 3.8) is 0 Å². The number of carbonyl (C=O) groups is 2. The Bertz CT molecular complexity index is 735. The van der Waals surface area contributed by atoms with Gasteiger partial charge in [-0.15, -0.1) is 5.75 Å². The van der Waals surface area contributed by atoms with Crippen LogP contribution >= 0.6 is 0 Å². The first-order valence-corrected chi connectivity index (χ1v) is 7.38. The molecular weight excluding hydrogens is 347 g/mol. The third-order valence-corrected chi connectivity index (χ3v) is 3.30. The van der Waals surface area contributed by atoms with Gasteiger partial charge < -0.3 is 15.5 Å². The number of aliphatic imine (C=N–C) groups is 1. The fraction of sp³-hybridized carbons (Fsp3) is 0.167. The van der Waals surface area contributed by atoms with Crippen molar-refractivity contribution >= 4 is 18.1 Å². The Labute approximate surface area is 188 Å². The van der Waals surface area contributed by atoms with E-state index in [9.17, 15) is 19.8 Å². The minimum absolute atomic E-state index is 0. The molecule has 6 nitrogen and oxygen atoms in total. The van der Waals surface area contributed by atoms with Crippen LogP contribution in [-0.4, -0.2) is 35.8 Å². The molecule has 7 heteroatoms. The summed E-state index contributed by atoms with van der Waals surface area (Å²) >= 11 is 0. The molecule has 0 saturated carbocycles. The molecule has 0 aliphatic carbocycles. The van der Waals surface area contributed by atoms with Crippen LogP contribution in [0.15, 0.2) is 59.6 Å². The molecule has 2 rings (SSSR count). The molecule has 0 fully saturated rings. The van der Waals surface area contributed by atoms with Crippen molar-refractivity contribution in [3.05, 3.63) is 65.7 Å². The summed E-state index contributed by atoms with van der Waals surface area (Å²) < 4.78 is 0. The van der Waals surface area contributed by atoms with E-state index < -0.39 is 17.9 Å². The van der Waals surface area contributed by atoms with Gasteiger partial charge in [-0.2, -0.15) is 0 Å². The van der Waals surface area contributed by atoms with Crippen molar-refractivity contribution in [1.29, 1.82) is 0 Å². The summed E-state index contributed by atoms with van der Waals surface area (Å²) in [6.45, 7) is -0.243. The van der Waals surface area contributed by atoms with Gasteiger partial charge >= 0.3 is 57.4 Å². The van der Waals surface area contributed by atoms with E-state index in [-0.39, 0.29) is 70.1 Å². The number of amides is 1. The Balaban J connectivity index is 0.00000312. The van der Waals surface area contributed by atoms with Gasteiger partial charge in [-0.1, -0.05) is 54.6 Å². The van der Waals surface area contributed by atoms with E-state index in [0.717, 1.165) is 5.56 Å². The van der Waals surface area contributed by atoms with Gasteiger partial charge in [0, 0.05) is 12.6 Å². The Kier molecular flexibility index (Phi) is 9.62. The van der Waals surface area contributed by atoms with E-state index in [1.54, 1.807) is 42.5 Å². The molecule has 1 atom stereocenters. The second kappa shape index (κ2) is 11.2. The maximum Gasteiger partial charge on any atom is 1.00 e. The van der Waals surface area contributed by atoms with E-state index in [1.165, 1.54) is 12.3 Å². The number of carboxylic acids is 1. The monoisotopic (exact) mass is 364 g/mol. The first kappa shape index (κ1) is 21.5. The van der Waals surface area contributed by atoms with Crippen LogP contribution in [0.4, 0.5) is 0 Å². The SMILES string of the molecule is O=C(CN=Cc1ccccc1[O-])N[C@@H](Cc1ccccc1)C(=O)O.[K+]. The maximum atomic E-state index is 11.9. The number of aliphatic carboxylic acids is 1. The molecule has 25 heavy (non-hydrogen) atoms. The summed E-state index contributed by atoms with van der Waals surface area (Å²) in [4.78, 5) is 27.0. The zero-order valence-corrected chi connectivity index (χ0v) is 17.0. The summed E-state index contributed by atoms with van der Waals surface area (Å²) in [6, 6.07) is 14.3. The zero-order chi connectivity index (χ0) is 17.4. The number of hydrogen-bond acceptors (Lipinski definition) is 4. The van der Waals surface area contributed by atoms with Crippen LogP contribution in [0.25, 0.3) is 0 Å². The minimum atomic E-state index is -1.11. The van der Waals surface area contributed by atoms with Gasteiger partial charge in [0.25, 0.3) is 0 Å². The molecular formula is C18H17KN2O4. The minimum Gasteiger partial charge on any atom is -0.872 e. The van der Waals surface area contributed by atoms with Crippen LogP contribution in [0, 0.1) is 0 Å². The number of rotatable bonds is 7. The second-order valence-electron chi connectivity index (χ2n) is 5.16. The van der Waals surface area contributed by atoms with Gasteiger partial charge in [-0.3, -0.25) is 9.79 Å². The molecule has 2 aromatic rings. The Morgan fingerprint density at radius 1 is 1.12 bits per heavy atom. The average molecular weight is 364 g/mol. The summed E-state index contributed by atoms with van der Waals surface area (Å²) in [5.74, 6) is -1.81. The molecule has 0 unspecified atom stereocenters. The van der Waals surface area contributed by atoms with E-state index >= 15 is 0 Å². The molecule has 0 aliphatic heterocycles. The van der Waals surface area contributed by atoms with Crippen molar-refractivity contribution in [1.82, 2.24) is 5.32 Å². The van der Waals surface area contributed by atoms with E-state index in [4.69, 9.17) is 0 Å². The van der Waals surface area contributed by atoms with Crippen molar-refractivity contribution in [2.75, 3.05) is 6.54 Å². The molecule has 0 heterocycles. The molecule has 124 valence electrons. The average Bonchev–Trinajstić information content (AvgIpc) is 2.57. The van der Waals surface area contributed by atoms with Crippen LogP contribution in [0.1, 0.15) is 11.1 Å². The molecule has 0 aromatic heterocycles. The van der Waals surface area contributed by atoms with Crippen LogP contribution in [0.5, 0.6) is 5.75 Å². The molecule has 0 bridgehead atoms. The summed E-state index contributed by atoms with van der Waals surface area (Å²) in [5.41, 5.74) is 1.19. The van der Waals surface area contributed by atoms with Gasteiger partial charge in [-0.05, 0) is 11.1 Å². The van der Waals surface area contributed by atoms with Crippen molar-refractivity contribution in [2.24, 2.45) is 4.99 Å². The molecule has 0 saturated heterocycles. The van der Waals surface area contributed by atoms with Crippen LogP contribution in [0.2, 0.25) is 0 Å².